The number of nitrogens with one attached hydrogen (secondary N) is 1. The summed E-state index contributed by atoms with van der Waals surface area (Å²) < 4.78 is 5.73. The van der Waals surface area contributed by atoms with Crippen molar-refractivity contribution in [2.24, 2.45) is 0 Å². The van der Waals surface area contributed by atoms with Gasteiger partial charge in [-0.15, -0.1) is 21.5 Å². The third-order valence-electron chi connectivity index (χ3n) is 3.92. The van der Waals surface area contributed by atoms with Crippen molar-refractivity contribution < 1.29 is 9.21 Å². The molecular formula is C19H21ClN4O2S. The van der Waals surface area contributed by atoms with Crippen molar-refractivity contribution in [3.05, 3.63) is 52.2 Å². The monoisotopic (exact) mass is 404 g/mol. The summed E-state index contributed by atoms with van der Waals surface area (Å²) in [6.45, 7) is 5.39. The molecule has 2 aromatic heterocycles. The largest absolute Gasteiger partial charge is 0.419 e. The molecule has 0 atom stereocenters. The zero-order chi connectivity index (χ0) is 19.2. The van der Waals surface area contributed by atoms with Crippen LogP contribution >= 0.6 is 22.9 Å². The van der Waals surface area contributed by atoms with Crippen molar-refractivity contribution in [1.82, 2.24) is 15.1 Å². The standard InChI is InChI=1S/C19H21ClN4O2S/c1-3-8-24(11-17(25)21-14-7-6-13(2)15(20)10-14)12-18-22-23-19(26-18)16-5-4-9-27-16/h4-7,9-10H,3,8,11-12H2,1-2H3,(H,21,25). The molecule has 0 spiro atoms. The molecule has 0 unspecified atom stereocenters. The Balaban J connectivity index is 1.61. The van der Waals surface area contributed by atoms with Gasteiger partial charge in [-0.3, -0.25) is 9.69 Å². The van der Waals surface area contributed by atoms with E-state index >= 15 is 0 Å². The lowest BCUT2D eigenvalue weighted by Gasteiger charge is -2.19. The van der Waals surface area contributed by atoms with Gasteiger partial charge in [0.2, 0.25) is 11.8 Å². The van der Waals surface area contributed by atoms with E-state index in [4.69, 9.17) is 16.0 Å². The van der Waals surface area contributed by atoms with Crippen LogP contribution in [-0.4, -0.2) is 34.1 Å². The van der Waals surface area contributed by atoms with Crippen LogP contribution in [0.2, 0.25) is 5.02 Å². The molecule has 27 heavy (non-hydrogen) atoms. The van der Waals surface area contributed by atoms with E-state index in [1.165, 1.54) is 0 Å². The molecule has 3 rings (SSSR count). The lowest BCUT2D eigenvalue weighted by molar-refractivity contribution is -0.117. The lowest BCUT2D eigenvalue weighted by Crippen LogP contribution is -2.33. The zero-order valence-electron chi connectivity index (χ0n) is 15.2. The highest BCUT2D eigenvalue weighted by Crippen LogP contribution is 2.23. The van der Waals surface area contributed by atoms with Crippen LogP contribution in [-0.2, 0) is 11.3 Å². The minimum atomic E-state index is -0.110. The molecule has 0 saturated heterocycles. The van der Waals surface area contributed by atoms with Gasteiger partial charge in [-0.2, -0.15) is 0 Å². The number of amides is 1. The molecule has 1 amide bonds. The average Bonchev–Trinajstić information content (AvgIpc) is 3.29. The van der Waals surface area contributed by atoms with Crippen LogP contribution < -0.4 is 5.32 Å². The van der Waals surface area contributed by atoms with E-state index in [0.29, 0.717) is 29.0 Å². The molecule has 1 aromatic carbocycles. The predicted octanol–water partition coefficient (Wildman–Crippen LogP) is 4.61. The van der Waals surface area contributed by atoms with Gasteiger partial charge in [0.25, 0.3) is 5.89 Å². The summed E-state index contributed by atoms with van der Waals surface area (Å²) in [5, 5.41) is 13.7. The van der Waals surface area contributed by atoms with Crippen molar-refractivity contribution in [1.29, 1.82) is 0 Å². The van der Waals surface area contributed by atoms with E-state index in [-0.39, 0.29) is 12.5 Å². The van der Waals surface area contributed by atoms with Gasteiger partial charge in [0.05, 0.1) is 18.0 Å². The highest BCUT2D eigenvalue weighted by Gasteiger charge is 2.16. The molecule has 1 N–H and O–H groups in total. The molecular weight excluding hydrogens is 384 g/mol. The van der Waals surface area contributed by atoms with Crippen LogP contribution in [0.15, 0.2) is 40.1 Å². The Bertz CT molecular complexity index is 895. The summed E-state index contributed by atoms with van der Waals surface area (Å²) in [5.41, 5.74) is 1.66. The maximum Gasteiger partial charge on any atom is 0.257 e. The number of carbonyl (C=O) groups excluding carboxylic acids is 1. The summed E-state index contributed by atoms with van der Waals surface area (Å²) in [7, 11) is 0. The van der Waals surface area contributed by atoms with Crippen molar-refractivity contribution in [3.8, 4) is 10.8 Å². The average molecular weight is 405 g/mol. The van der Waals surface area contributed by atoms with Crippen LogP contribution in [0.4, 0.5) is 5.69 Å². The number of carbonyl (C=O) groups is 1. The minimum Gasteiger partial charge on any atom is -0.419 e. The quantitative estimate of drug-likeness (QED) is 0.593. The number of benzene rings is 1. The fourth-order valence-corrected chi connectivity index (χ4v) is 3.44. The van der Waals surface area contributed by atoms with Crippen molar-refractivity contribution in [2.45, 2.75) is 26.8 Å². The fraction of sp³-hybridized carbons (Fsp3) is 0.316. The predicted molar refractivity (Wildman–Crippen MR) is 108 cm³/mol. The van der Waals surface area contributed by atoms with E-state index in [2.05, 4.69) is 22.4 Å². The van der Waals surface area contributed by atoms with E-state index < -0.39 is 0 Å². The van der Waals surface area contributed by atoms with Crippen LogP contribution in [0.25, 0.3) is 10.8 Å². The van der Waals surface area contributed by atoms with Gasteiger partial charge in [0.15, 0.2) is 0 Å². The molecule has 0 radical (unpaired) electrons. The van der Waals surface area contributed by atoms with E-state index in [1.54, 1.807) is 17.4 Å². The minimum absolute atomic E-state index is 0.110. The van der Waals surface area contributed by atoms with Crippen LogP contribution in [0.3, 0.4) is 0 Å². The Hall–Kier alpha value is -2.22. The molecule has 2 heterocycles. The Morgan fingerprint density at radius 2 is 2.19 bits per heavy atom. The van der Waals surface area contributed by atoms with E-state index in [0.717, 1.165) is 23.4 Å². The van der Waals surface area contributed by atoms with Gasteiger partial charge in [-0.1, -0.05) is 30.7 Å². The number of halogens is 1. The Labute approximate surface area is 167 Å². The topological polar surface area (TPSA) is 71.3 Å². The normalized spacial score (nSPS) is 11.1. The molecule has 0 aliphatic rings. The maximum absolute atomic E-state index is 12.4. The number of nitrogens with zero attached hydrogens (tertiary/aromatic N) is 3. The highest BCUT2D eigenvalue weighted by atomic mass is 35.5. The molecule has 3 aromatic rings. The van der Waals surface area contributed by atoms with Crippen molar-refractivity contribution >= 4 is 34.5 Å². The van der Waals surface area contributed by atoms with Crippen LogP contribution in [0.5, 0.6) is 0 Å². The summed E-state index contributed by atoms with van der Waals surface area (Å²) in [6.07, 6.45) is 0.912. The second-order valence-electron chi connectivity index (χ2n) is 6.20. The SMILES string of the molecule is CCCN(CC(=O)Nc1ccc(C)c(Cl)c1)Cc1nnc(-c2cccs2)o1. The summed E-state index contributed by atoms with van der Waals surface area (Å²) in [6, 6.07) is 9.35. The number of rotatable bonds is 8. The first-order chi connectivity index (χ1) is 13.0. The van der Waals surface area contributed by atoms with Gasteiger partial charge in [0, 0.05) is 10.7 Å². The third-order valence-corrected chi connectivity index (χ3v) is 5.19. The lowest BCUT2D eigenvalue weighted by atomic mass is 10.2. The number of anilines is 1. The molecule has 0 saturated carbocycles. The first-order valence-electron chi connectivity index (χ1n) is 8.69. The molecule has 0 fully saturated rings. The molecule has 6 nitrogen and oxygen atoms in total. The van der Waals surface area contributed by atoms with E-state index in [9.17, 15) is 4.79 Å². The van der Waals surface area contributed by atoms with E-state index in [1.807, 2.05) is 41.5 Å². The van der Waals surface area contributed by atoms with Gasteiger partial charge >= 0.3 is 0 Å². The Morgan fingerprint density at radius 3 is 2.89 bits per heavy atom. The second kappa shape index (κ2) is 9.12. The summed E-state index contributed by atoms with van der Waals surface area (Å²) in [4.78, 5) is 15.3. The highest BCUT2D eigenvalue weighted by molar-refractivity contribution is 7.13. The smallest absolute Gasteiger partial charge is 0.257 e. The van der Waals surface area contributed by atoms with Gasteiger partial charge in [0.1, 0.15) is 0 Å². The molecule has 0 bridgehead atoms. The summed E-state index contributed by atoms with van der Waals surface area (Å²) in [5.74, 6) is 0.898. The maximum atomic E-state index is 12.4. The number of thiophene rings is 1. The molecule has 0 aliphatic heterocycles. The second-order valence-corrected chi connectivity index (χ2v) is 7.56. The number of aryl methyl sites for hydroxylation is 1. The van der Waals surface area contributed by atoms with Gasteiger partial charge in [-0.05, 0) is 49.0 Å². The molecule has 8 heteroatoms. The molecule has 0 aliphatic carbocycles. The number of aromatic nitrogens is 2. The zero-order valence-corrected chi connectivity index (χ0v) is 16.8. The first kappa shape index (κ1) is 19.5. The first-order valence-corrected chi connectivity index (χ1v) is 9.95. The number of hydrogen-bond acceptors (Lipinski definition) is 6. The fourth-order valence-electron chi connectivity index (χ4n) is 2.61. The Kier molecular flexibility index (Phi) is 6.60. The summed E-state index contributed by atoms with van der Waals surface area (Å²) >= 11 is 7.66. The van der Waals surface area contributed by atoms with Crippen molar-refractivity contribution in [3.63, 3.8) is 0 Å². The number of hydrogen-bond donors (Lipinski definition) is 1. The van der Waals surface area contributed by atoms with Gasteiger partial charge < -0.3 is 9.73 Å². The Morgan fingerprint density at radius 1 is 1.33 bits per heavy atom. The van der Waals surface area contributed by atoms with Crippen LogP contribution in [0.1, 0.15) is 24.8 Å². The molecule has 142 valence electrons. The van der Waals surface area contributed by atoms with Crippen LogP contribution in [0, 0.1) is 6.92 Å². The third kappa shape index (κ3) is 5.38. The van der Waals surface area contributed by atoms with Gasteiger partial charge in [-0.25, -0.2) is 0 Å². The van der Waals surface area contributed by atoms with Crippen molar-refractivity contribution in [2.75, 3.05) is 18.4 Å².